The maximum atomic E-state index is 12.1. The fourth-order valence-electron chi connectivity index (χ4n) is 2.18. The minimum atomic E-state index is -0.466. The molecule has 0 saturated heterocycles. The third kappa shape index (κ3) is 5.05. The lowest BCUT2D eigenvalue weighted by Crippen LogP contribution is -2.35. The van der Waals surface area contributed by atoms with Gasteiger partial charge in [0.15, 0.2) is 0 Å². The van der Waals surface area contributed by atoms with E-state index in [2.05, 4.69) is 10.3 Å². The van der Waals surface area contributed by atoms with Crippen LogP contribution in [0.2, 0.25) is 0 Å². The van der Waals surface area contributed by atoms with Crippen molar-refractivity contribution in [1.82, 2.24) is 14.9 Å². The first-order chi connectivity index (χ1) is 12.0. The average molecular weight is 346 g/mol. The van der Waals surface area contributed by atoms with Gasteiger partial charge in [-0.1, -0.05) is 0 Å². The number of hydrogen-bond donors (Lipinski definition) is 3. The van der Waals surface area contributed by atoms with Gasteiger partial charge in [-0.15, -0.1) is 0 Å². The Morgan fingerprint density at radius 3 is 2.68 bits per heavy atom. The molecule has 0 aliphatic carbocycles. The lowest BCUT2D eigenvalue weighted by Gasteiger charge is -2.08. The summed E-state index contributed by atoms with van der Waals surface area (Å²) in [7, 11) is 1.40. The quantitative estimate of drug-likeness (QED) is 0.571. The van der Waals surface area contributed by atoms with Gasteiger partial charge in [-0.05, 0) is 43.7 Å². The summed E-state index contributed by atoms with van der Waals surface area (Å²) in [5.74, 6) is 0.441. The third-order valence-corrected chi connectivity index (χ3v) is 3.67. The molecule has 1 heterocycles. The fraction of sp³-hybridized carbons (Fsp3) is 0.353. The van der Waals surface area contributed by atoms with E-state index in [0.717, 1.165) is 11.0 Å². The number of hydrogen-bond acceptors (Lipinski definition) is 5. The Morgan fingerprint density at radius 2 is 2.00 bits per heavy atom. The summed E-state index contributed by atoms with van der Waals surface area (Å²) >= 11 is 0. The van der Waals surface area contributed by atoms with Crippen molar-refractivity contribution < 1.29 is 9.53 Å². The van der Waals surface area contributed by atoms with Gasteiger partial charge in [0.05, 0.1) is 6.61 Å². The number of benzene rings is 1. The van der Waals surface area contributed by atoms with E-state index in [-0.39, 0.29) is 18.0 Å². The van der Waals surface area contributed by atoms with Crippen LogP contribution >= 0.6 is 0 Å². The Kier molecular flexibility index (Phi) is 6.53. The molecule has 0 unspecified atom stereocenters. The van der Waals surface area contributed by atoms with Crippen LogP contribution in [0.4, 0.5) is 0 Å². The number of rotatable bonds is 8. The van der Waals surface area contributed by atoms with Gasteiger partial charge in [0.25, 0.3) is 11.5 Å². The zero-order chi connectivity index (χ0) is 18.2. The maximum Gasteiger partial charge on any atom is 0.328 e. The Balaban J connectivity index is 1.87. The van der Waals surface area contributed by atoms with Gasteiger partial charge in [-0.3, -0.25) is 14.2 Å². The van der Waals surface area contributed by atoms with Crippen LogP contribution in [-0.2, 0) is 13.5 Å². The number of nitrogens with zero attached hydrogens (tertiary/aromatic N) is 1. The van der Waals surface area contributed by atoms with Crippen LogP contribution in [0, 0.1) is 0 Å². The highest BCUT2D eigenvalue weighted by atomic mass is 16.5. The molecular weight excluding hydrogens is 324 g/mol. The van der Waals surface area contributed by atoms with Crippen molar-refractivity contribution in [3.8, 4) is 5.75 Å². The van der Waals surface area contributed by atoms with Gasteiger partial charge in [-0.2, -0.15) is 0 Å². The number of aromatic nitrogens is 2. The third-order valence-electron chi connectivity index (χ3n) is 3.67. The van der Waals surface area contributed by atoms with Crippen LogP contribution in [0.3, 0.4) is 0 Å². The van der Waals surface area contributed by atoms with Crippen molar-refractivity contribution in [3.05, 3.63) is 62.4 Å². The Morgan fingerprint density at radius 1 is 1.28 bits per heavy atom. The number of H-pyrrole nitrogens is 1. The number of carbonyl (C=O) groups excluding carboxylic acids is 1. The number of carbonyl (C=O) groups is 1. The summed E-state index contributed by atoms with van der Waals surface area (Å²) in [4.78, 5) is 37.8. The van der Waals surface area contributed by atoms with Crippen molar-refractivity contribution in [1.29, 1.82) is 0 Å². The molecule has 8 nitrogen and oxygen atoms in total. The number of aromatic amines is 1. The smallest absolute Gasteiger partial charge is 0.328 e. The van der Waals surface area contributed by atoms with Crippen molar-refractivity contribution in [2.24, 2.45) is 12.8 Å². The predicted molar refractivity (Wildman–Crippen MR) is 93.9 cm³/mol. The second kappa shape index (κ2) is 8.84. The minimum absolute atomic E-state index is 0.241. The molecule has 2 aromatic rings. The highest BCUT2D eigenvalue weighted by Gasteiger charge is 2.07. The van der Waals surface area contributed by atoms with Gasteiger partial charge in [0.1, 0.15) is 5.75 Å². The summed E-state index contributed by atoms with van der Waals surface area (Å²) < 4.78 is 6.48. The molecule has 0 saturated carbocycles. The molecule has 1 aromatic carbocycles. The lowest BCUT2D eigenvalue weighted by atomic mass is 10.2. The average Bonchev–Trinajstić information content (AvgIpc) is 2.62. The topological polar surface area (TPSA) is 119 Å². The SMILES string of the molecule is Cn1c(=O)[nH]cc(CCNC(=O)c2ccc(OCCCN)cc2)c1=O. The number of amides is 1. The van der Waals surface area contributed by atoms with Crippen LogP contribution in [-0.4, -0.2) is 35.2 Å². The molecule has 8 heteroatoms. The van der Waals surface area contributed by atoms with E-state index in [0.29, 0.717) is 36.4 Å². The van der Waals surface area contributed by atoms with E-state index in [1.54, 1.807) is 24.3 Å². The zero-order valence-corrected chi connectivity index (χ0v) is 14.1. The summed E-state index contributed by atoms with van der Waals surface area (Å²) in [5, 5.41) is 2.74. The molecular formula is C17H22N4O4. The van der Waals surface area contributed by atoms with E-state index < -0.39 is 5.69 Å². The number of nitrogens with two attached hydrogens (primary N) is 1. The van der Waals surface area contributed by atoms with Crippen LogP contribution in [0.15, 0.2) is 40.1 Å². The number of ether oxygens (including phenoxy) is 1. The summed E-state index contributed by atoms with van der Waals surface area (Å²) in [5.41, 5.74) is 5.51. The standard InChI is InChI=1S/C17H22N4O4/c1-21-16(23)13(11-20-17(21)24)7-9-19-15(22)12-3-5-14(6-4-12)25-10-2-8-18/h3-6,11H,2,7-10,18H2,1H3,(H,19,22)(H,20,24). The van der Waals surface area contributed by atoms with E-state index in [1.165, 1.54) is 13.2 Å². The van der Waals surface area contributed by atoms with E-state index >= 15 is 0 Å². The van der Waals surface area contributed by atoms with Gasteiger partial charge >= 0.3 is 5.69 Å². The molecule has 4 N–H and O–H groups in total. The summed E-state index contributed by atoms with van der Waals surface area (Å²) in [6.45, 7) is 1.39. The van der Waals surface area contributed by atoms with E-state index in [9.17, 15) is 14.4 Å². The van der Waals surface area contributed by atoms with Crippen LogP contribution < -0.4 is 27.0 Å². The first kappa shape index (κ1) is 18.5. The van der Waals surface area contributed by atoms with Crippen molar-refractivity contribution in [3.63, 3.8) is 0 Å². The predicted octanol–water partition coefficient (Wildman–Crippen LogP) is -0.226. The maximum absolute atomic E-state index is 12.1. The van der Waals surface area contributed by atoms with Gasteiger partial charge in [-0.25, -0.2) is 4.79 Å². The number of nitrogens with one attached hydrogen (secondary N) is 2. The minimum Gasteiger partial charge on any atom is -0.494 e. The van der Waals surface area contributed by atoms with Gasteiger partial charge < -0.3 is 20.8 Å². The molecule has 0 aliphatic rings. The molecule has 1 aromatic heterocycles. The summed E-state index contributed by atoms with van der Waals surface area (Å²) in [6, 6.07) is 6.80. The Hall–Kier alpha value is -2.87. The summed E-state index contributed by atoms with van der Waals surface area (Å²) in [6.07, 6.45) is 2.48. The Labute approximate surface area is 144 Å². The molecule has 0 bridgehead atoms. The second-order valence-corrected chi connectivity index (χ2v) is 5.50. The van der Waals surface area contributed by atoms with E-state index in [4.69, 9.17) is 10.5 Å². The monoisotopic (exact) mass is 346 g/mol. The molecule has 0 spiro atoms. The van der Waals surface area contributed by atoms with Crippen molar-refractivity contribution in [2.45, 2.75) is 12.8 Å². The van der Waals surface area contributed by atoms with Crippen LogP contribution in [0.1, 0.15) is 22.3 Å². The lowest BCUT2D eigenvalue weighted by molar-refractivity contribution is 0.0954. The molecule has 0 atom stereocenters. The first-order valence-corrected chi connectivity index (χ1v) is 8.01. The van der Waals surface area contributed by atoms with Crippen molar-refractivity contribution >= 4 is 5.91 Å². The van der Waals surface area contributed by atoms with Crippen LogP contribution in [0.25, 0.3) is 0 Å². The first-order valence-electron chi connectivity index (χ1n) is 8.01. The molecule has 0 aliphatic heterocycles. The highest BCUT2D eigenvalue weighted by Crippen LogP contribution is 2.12. The van der Waals surface area contributed by atoms with Gasteiger partial charge in [0, 0.05) is 30.9 Å². The zero-order valence-electron chi connectivity index (χ0n) is 14.1. The molecule has 0 fully saturated rings. The Bertz CT molecular complexity index is 824. The highest BCUT2D eigenvalue weighted by molar-refractivity contribution is 5.94. The fourth-order valence-corrected chi connectivity index (χ4v) is 2.18. The normalized spacial score (nSPS) is 10.5. The van der Waals surface area contributed by atoms with Crippen LogP contribution in [0.5, 0.6) is 5.75 Å². The largest absolute Gasteiger partial charge is 0.494 e. The molecule has 1 amide bonds. The van der Waals surface area contributed by atoms with Gasteiger partial charge in [0.2, 0.25) is 0 Å². The second-order valence-electron chi connectivity index (χ2n) is 5.50. The molecule has 2 rings (SSSR count). The van der Waals surface area contributed by atoms with Crippen molar-refractivity contribution in [2.75, 3.05) is 19.7 Å². The van der Waals surface area contributed by atoms with E-state index in [1.807, 2.05) is 0 Å². The molecule has 134 valence electrons. The molecule has 0 radical (unpaired) electrons. The molecule has 25 heavy (non-hydrogen) atoms.